The SMILES string of the molecule is Cc1cc(C)c(S(=O)(=O)N[C@H](c2ccccc2)[C@H](N)c2ccccc2)c(C)c1.Cc1ccc(C)c(C)c1.[Ru]. The van der Waals surface area contributed by atoms with E-state index in [0.717, 1.165) is 27.8 Å². The second kappa shape index (κ2) is 14.0. The van der Waals surface area contributed by atoms with E-state index in [1.807, 2.05) is 93.6 Å². The van der Waals surface area contributed by atoms with E-state index in [0.29, 0.717) is 4.90 Å². The van der Waals surface area contributed by atoms with Crippen molar-refractivity contribution >= 4 is 10.0 Å². The van der Waals surface area contributed by atoms with Gasteiger partial charge in [0.25, 0.3) is 0 Å². The molecule has 0 aliphatic rings. The van der Waals surface area contributed by atoms with Crippen molar-refractivity contribution in [1.29, 1.82) is 0 Å². The standard InChI is InChI=1S/C23H26N2O2S.C9H12.Ru/c1-16-14-17(2)23(18(3)15-16)28(26,27)25-22(20-12-8-5-9-13-20)21(24)19-10-6-4-7-11-19;1-7-4-5-8(2)9(3)6-7;/h4-15,21-22,25H,24H2,1-3H3;4-6H,1-3H3;/t21-,22-;;/m1../s1. The fourth-order valence-corrected chi connectivity index (χ4v) is 6.29. The van der Waals surface area contributed by atoms with Crippen LogP contribution in [-0.2, 0) is 29.5 Å². The zero-order valence-corrected chi connectivity index (χ0v) is 25.5. The van der Waals surface area contributed by atoms with Crippen LogP contribution in [0.15, 0.2) is 95.9 Å². The van der Waals surface area contributed by atoms with E-state index in [1.165, 1.54) is 16.7 Å². The Morgan fingerprint density at radius 1 is 0.605 bits per heavy atom. The van der Waals surface area contributed by atoms with E-state index in [1.54, 1.807) is 0 Å². The number of aryl methyl sites for hydroxylation is 6. The molecule has 0 bridgehead atoms. The molecule has 0 unspecified atom stereocenters. The molecule has 4 aromatic rings. The monoisotopic (exact) mass is 616 g/mol. The van der Waals surface area contributed by atoms with E-state index in [4.69, 9.17) is 5.73 Å². The molecule has 38 heavy (non-hydrogen) atoms. The van der Waals surface area contributed by atoms with E-state index in [9.17, 15) is 8.42 Å². The topological polar surface area (TPSA) is 72.2 Å². The van der Waals surface area contributed by atoms with Crippen molar-refractivity contribution in [3.8, 4) is 0 Å². The Morgan fingerprint density at radius 3 is 1.55 bits per heavy atom. The van der Waals surface area contributed by atoms with Gasteiger partial charge >= 0.3 is 0 Å². The van der Waals surface area contributed by atoms with Crippen molar-refractivity contribution in [1.82, 2.24) is 4.72 Å². The van der Waals surface area contributed by atoms with Crippen LogP contribution in [0.2, 0.25) is 0 Å². The van der Waals surface area contributed by atoms with Gasteiger partial charge < -0.3 is 5.73 Å². The third kappa shape index (κ3) is 8.18. The third-order valence-electron chi connectivity index (χ3n) is 6.52. The van der Waals surface area contributed by atoms with Gasteiger partial charge in [0.05, 0.1) is 17.0 Å². The molecule has 2 atom stereocenters. The Bertz CT molecular complexity index is 1420. The first-order valence-electron chi connectivity index (χ1n) is 12.5. The molecule has 202 valence electrons. The number of hydrogen-bond acceptors (Lipinski definition) is 3. The predicted molar refractivity (Wildman–Crippen MR) is 154 cm³/mol. The molecule has 0 aliphatic heterocycles. The molecule has 4 rings (SSSR count). The average molecular weight is 616 g/mol. The first-order chi connectivity index (χ1) is 17.5. The van der Waals surface area contributed by atoms with Crippen LogP contribution < -0.4 is 10.5 Å². The van der Waals surface area contributed by atoms with Crippen LogP contribution in [-0.4, -0.2) is 8.42 Å². The molecule has 6 heteroatoms. The van der Waals surface area contributed by atoms with Crippen LogP contribution in [0.25, 0.3) is 0 Å². The molecule has 3 N–H and O–H groups in total. The van der Waals surface area contributed by atoms with Gasteiger partial charge in [0.2, 0.25) is 10.0 Å². The van der Waals surface area contributed by atoms with Gasteiger partial charge in [-0.25, -0.2) is 13.1 Å². The number of benzene rings is 4. The van der Waals surface area contributed by atoms with E-state index in [2.05, 4.69) is 43.7 Å². The Morgan fingerprint density at radius 2 is 1.08 bits per heavy atom. The Kier molecular flexibility index (Phi) is 11.6. The molecule has 0 saturated carbocycles. The maximum atomic E-state index is 13.3. The summed E-state index contributed by atoms with van der Waals surface area (Å²) in [6.07, 6.45) is 0. The summed E-state index contributed by atoms with van der Waals surface area (Å²) in [4.78, 5) is 0.319. The summed E-state index contributed by atoms with van der Waals surface area (Å²) in [6, 6.07) is 28.2. The first-order valence-corrected chi connectivity index (χ1v) is 14.0. The number of sulfonamides is 1. The Hall–Kier alpha value is -2.63. The maximum Gasteiger partial charge on any atom is 0.241 e. The minimum atomic E-state index is -3.77. The van der Waals surface area contributed by atoms with Gasteiger partial charge in [0.1, 0.15) is 0 Å². The average Bonchev–Trinajstić information content (AvgIpc) is 2.85. The minimum Gasteiger partial charge on any atom is -0.322 e. The molecule has 0 aromatic heterocycles. The van der Waals surface area contributed by atoms with Gasteiger partial charge in [0, 0.05) is 19.5 Å². The summed E-state index contributed by atoms with van der Waals surface area (Å²) < 4.78 is 29.5. The normalized spacial score (nSPS) is 12.5. The number of rotatable bonds is 6. The Balaban J connectivity index is 0.000000430. The van der Waals surface area contributed by atoms with Crippen molar-refractivity contribution < 1.29 is 27.9 Å². The van der Waals surface area contributed by atoms with Crippen molar-refractivity contribution in [2.24, 2.45) is 5.73 Å². The Labute approximate surface area is 241 Å². The summed E-state index contributed by atoms with van der Waals surface area (Å²) in [5.74, 6) is 0. The molecular formula is C32H38N2O2RuS. The smallest absolute Gasteiger partial charge is 0.241 e. The van der Waals surface area contributed by atoms with Crippen molar-refractivity contribution in [3.63, 3.8) is 0 Å². The predicted octanol–water partition coefficient (Wildman–Crippen LogP) is 6.94. The first kappa shape index (κ1) is 31.6. The molecule has 0 radical (unpaired) electrons. The van der Waals surface area contributed by atoms with Crippen LogP contribution in [0, 0.1) is 41.5 Å². The quantitative estimate of drug-likeness (QED) is 0.231. The van der Waals surface area contributed by atoms with E-state index < -0.39 is 22.1 Å². The third-order valence-corrected chi connectivity index (χ3v) is 8.27. The van der Waals surface area contributed by atoms with Crippen molar-refractivity contribution in [2.45, 2.75) is 58.5 Å². The van der Waals surface area contributed by atoms with E-state index in [-0.39, 0.29) is 19.5 Å². The van der Waals surface area contributed by atoms with Gasteiger partial charge in [0.15, 0.2) is 0 Å². The second-order valence-corrected chi connectivity index (χ2v) is 11.4. The summed E-state index contributed by atoms with van der Waals surface area (Å²) in [6.45, 7) is 12.0. The van der Waals surface area contributed by atoms with Gasteiger partial charge in [-0.05, 0) is 74.9 Å². The van der Waals surface area contributed by atoms with Gasteiger partial charge in [-0.15, -0.1) is 0 Å². The molecular weight excluding hydrogens is 578 g/mol. The van der Waals surface area contributed by atoms with Gasteiger partial charge in [-0.1, -0.05) is 102 Å². The number of hydrogen-bond donors (Lipinski definition) is 2. The zero-order valence-electron chi connectivity index (χ0n) is 23.0. The van der Waals surface area contributed by atoms with Gasteiger partial charge in [-0.3, -0.25) is 0 Å². The van der Waals surface area contributed by atoms with Crippen LogP contribution >= 0.6 is 0 Å². The van der Waals surface area contributed by atoms with Crippen LogP contribution in [0.4, 0.5) is 0 Å². The molecule has 4 aromatic carbocycles. The number of nitrogens with two attached hydrogens (primary N) is 1. The summed E-state index contributed by atoms with van der Waals surface area (Å²) in [7, 11) is -3.77. The van der Waals surface area contributed by atoms with Gasteiger partial charge in [-0.2, -0.15) is 0 Å². The molecule has 4 nitrogen and oxygen atoms in total. The van der Waals surface area contributed by atoms with Crippen molar-refractivity contribution in [2.75, 3.05) is 0 Å². The fourth-order valence-electron chi connectivity index (χ4n) is 4.58. The fraction of sp³-hybridized carbons (Fsp3) is 0.250. The molecule has 0 heterocycles. The summed E-state index contributed by atoms with van der Waals surface area (Å²) in [5, 5.41) is 0. The molecule has 0 fully saturated rings. The molecule has 0 spiro atoms. The minimum absolute atomic E-state index is 0. The van der Waals surface area contributed by atoms with Crippen LogP contribution in [0.5, 0.6) is 0 Å². The summed E-state index contributed by atoms with van der Waals surface area (Å²) in [5.41, 5.74) is 14.8. The molecule has 0 amide bonds. The van der Waals surface area contributed by atoms with Crippen LogP contribution in [0.1, 0.15) is 56.6 Å². The zero-order chi connectivity index (χ0) is 27.2. The summed E-state index contributed by atoms with van der Waals surface area (Å²) >= 11 is 0. The molecule has 0 aliphatic carbocycles. The second-order valence-electron chi connectivity index (χ2n) is 9.76. The molecule has 0 saturated heterocycles. The largest absolute Gasteiger partial charge is 0.322 e. The number of nitrogens with one attached hydrogen (secondary N) is 1. The van der Waals surface area contributed by atoms with Crippen LogP contribution in [0.3, 0.4) is 0 Å². The van der Waals surface area contributed by atoms with E-state index >= 15 is 0 Å². The maximum absolute atomic E-state index is 13.3. The van der Waals surface area contributed by atoms with Crippen molar-refractivity contribution in [3.05, 3.63) is 136 Å².